The summed E-state index contributed by atoms with van der Waals surface area (Å²) in [5.74, 6) is -2.37. The van der Waals surface area contributed by atoms with Crippen molar-refractivity contribution in [2.75, 3.05) is 0 Å². The van der Waals surface area contributed by atoms with E-state index in [2.05, 4.69) is 20.3 Å². The molecule has 1 amide bonds. The molecule has 1 aliphatic rings. The number of rotatable bonds is 5. The Bertz CT molecular complexity index is 802. The molecule has 0 saturated carbocycles. The number of benzene rings is 1. The number of ether oxygens (including phenoxy) is 1. The molecule has 0 aromatic heterocycles. The van der Waals surface area contributed by atoms with Gasteiger partial charge in [-0.15, -0.1) is 18.3 Å². The Balaban J connectivity index is 2.13. The second-order valence-corrected chi connectivity index (χ2v) is 6.68. The second kappa shape index (κ2) is 8.14. The minimum Gasteiger partial charge on any atom is -0.481 e. The van der Waals surface area contributed by atoms with Gasteiger partial charge in [-0.1, -0.05) is 35.0 Å². The predicted octanol–water partition coefficient (Wildman–Crippen LogP) is 3.29. The van der Waals surface area contributed by atoms with Crippen LogP contribution in [0.1, 0.15) is 12.0 Å². The van der Waals surface area contributed by atoms with E-state index in [0.29, 0.717) is 0 Å². The van der Waals surface area contributed by atoms with E-state index < -0.39 is 34.3 Å². The number of carboxylic acid groups (broad SMARTS) is 1. The molecule has 0 spiro atoms. The summed E-state index contributed by atoms with van der Waals surface area (Å²) in [6.07, 6.45) is -4.27. The molecule has 1 saturated heterocycles. The molecule has 140 valence electrons. The molecular weight excluding hydrogens is 422 g/mol. The maximum atomic E-state index is 12.3. The summed E-state index contributed by atoms with van der Waals surface area (Å²) < 4.78 is 40.8. The average molecular weight is 430 g/mol. The molecular formula is C13H8Cl2F3N3O4S. The van der Waals surface area contributed by atoms with Gasteiger partial charge in [0.1, 0.15) is 16.0 Å². The largest absolute Gasteiger partial charge is 0.573 e. The Hall–Kier alpha value is -1.98. The molecule has 1 aromatic rings. The van der Waals surface area contributed by atoms with Crippen LogP contribution in [0, 0.1) is 0 Å². The number of aliphatic carboxylic acids is 1. The van der Waals surface area contributed by atoms with Gasteiger partial charge in [0.15, 0.2) is 5.17 Å². The first-order valence-corrected chi connectivity index (χ1v) is 8.24. The number of alkyl halides is 3. The molecule has 13 heteroatoms. The average Bonchev–Trinajstić information content (AvgIpc) is 2.82. The van der Waals surface area contributed by atoms with Gasteiger partial charge in [0.05, 0.1) is 17.7 Å². The van der Waals surface area contributed by atoms with Crippen LogP contribution in [0.2, 0.25) is 10.0 Å². The van der Waals surface area contributed by atoms with Gasteiger partial charge in [0, 0.05) is 0 Å². The Morgan fingerprint density at radius 1 is 1.42 bits per heavy atom. The zero-order chi connectivity index (χ0) is 19.5. The third-order valence-electron chi connectivity index (χ3n) is 2.73. The molecule has 0 bridgehead atoms. The van der Waals surface area contributed by atoms with Crippen LogP contribution >= 0.6 is 35.0 Å². The fourth-order valence-electron chi connectivity index (χ4n) is 1.75. The van der Waals surface area contributed by atoms with Crippen LogP contribution in [0.15, 0.2) is 22.3 Å². The lowest BCUT2D eigenvalue weighted by molar-refractivity contribution is -0.274. The van der Waals surface area contributed by atoms with Crippen molar-refractivity contribution >= 4 is 58.2 Å². The zero-order valence-corrected chi connectivity index (χ0v) is 14.7. The van der Waals surface area contributed by atoms with E-state index in [4.69, 9.17) is 28.3 Å². The van der Waals surface area contributed by atoms with Gasteiger partial charge in [0.25, 0.3) is 0 Å². The number of hydrogen-bond donors (Lipinski definition) is 2. The van der Waals surface area contributed by atoms with Crippen LogP contribution in [0.25, 0.3) is 0 Å². The molecule has 1 heterocycles. The van der Waals surface area contributed by atoms with Crippen LogP contribution in [-0.4, -0.2) is 40.0 Å². The maximum Gasteiger partial charge on any atom is 0.573 e. The van der Waals surface area contributed by atoms with Crippen molar-refractivity contribution in [2.45, 2.75) is 18.0 Å². The first-order valence-electron chi connectivity index (χ1n) is 6.60. The topological polar surface area (TPSA) is 100 Å². The summed E-state index contributed by atoms with van der Waals surface area (Å²) in [6.45, 7) is 0. The monoisotopic (exact) mass is 429 g/mol. The van der Waals surface area contributed by atoms with Crippen molar-refractivity contribution in [2.24, 2.45) is 10.2 Å². The third kappa shape index (κ3) is 5.78. The van der Waals surface area contributed by atoms with Crippen molar-refractivity contribution in [1.29, 1.82) is 0 Å². The molecule has 2 N–H and O–H groups in total. The summed E-state index contributed by atoms with van der Waals surface area (Å²) in [4.78, 5) is 22.1. The maximum absolute atomic E-state index is 12.3. The van der Waals surface area contributed by atoms with Crippen molar-refractivity contribution < 1.29 is 32.6 Å². The second-order valence-electron chi connectivity index (χ2n) is 4.71. The molecule has 0 radical (unpaired) electrons. The fraction of sp³-hybridized carbons (Fsp3) is 0.231. The van der Waals surface area contributed by atoms with Crippen LogP contribution in [0.4, 0.5) is 13.2 Å². The summed E-state index contributed by atoms with van der Waals surface area (Å²) in [7, 11) is 0. The smallest absolute Gasteiger partial charge is 0.481 e. The highest BCUT2D eigenvalue weighted by Gasteiger charge is 2.33. The van der Waals surface area contributed by atoms with E-state index in [1.54, 1.807) is 0 Å². The Kier molecular flexibility index (Phi) is 6.37. The van der Waals surface area contributed by atoms with Crippen LogP contribution < -0.4 is 10.1 Å². The lowest BCUT2D eigenvalue weighted by Crippen LogP contribution is -2.26. The highest BCUT2D eigenvalue weighted by Crippen LogP contribution is 2.36. The summed E-state index contributed by atoms with van der Waals surface area (Å²) in [5, 5.41) is 16.9. The molecule has 1 unspecified atom stereocenters. The first-order chi connectivity index (χ1) is 12.0. The van der Waals surface area contributed by atoms with Crippen LogP contribution in [0.3, 0.4) is 0 Å². The van der Waals surface area contributed by atoms with E-state index in [-0.39, 0.29) is 22.2 Å². The molecule has 1 aromatic carbocycles. The van der Waals surface area contributed by atoms with Gasteiger partial charge in [-0.05, 0) is 17.7 Å². The van der Waals surface area contributed by atoms with Gasteiger partial charge in [0.2, 0.25) is 5.91 Å². The van der Waals surface area contributed by atoms with Crippen molar-refractivity contribution in [3.05, 3.63) is 27.7 Å². The lowest BCUT2D eigenvalue weighted by atomic mass is 10.2. The zero-order valence-electron chi connectivity index (χ0n) is 12.4. The first kappa shape index (κ1) is 20.3. The quantitative estimate of drug-likeness (QED) is 0.552. The van der Waals surface area contributed by atoms with E-state index >= 15 is 0 Å². The number of carbonyl (C=O) groups excluding carboxylic acids is 1. The van der Waals surface area contributed by atoms with E-state index in [0.717, 1.165) is 24.0 Å². The number of amides is 1. The van der Waals surface area contributed by atoms with Gasteiger partial charge < -0.3 is 15.2 Å². The number of carboxylic acids is 1. The molecule has 26 heavy (non-hydrogen) atoms. The summed E-state index contributed by atoms with van der Waals surface area (Å²) in [5.41, 5.74) is 0.111. The van der Waals surface area contributed by atoms with Gasteiger partial charge >= 0.3 is 12.3 Å². The van der Waals surface area contributed by atoms with Gasteiger partial charge in [-0.25, -0.2) is 0 Å². The summed E-state index contributed by atoms with van der Waals surface area (Å²) in [6, 6.07) is 2.20. The number of amidine groups is 1. The molecule has 1 fully saturated rings. The predicted molar refractivity (Wildman–Crippen MR) is 89.9 cm³/mol. The van der Waals surface area contributed by atoms with Crippen LogP contribution in [0.5, 0.6) is 5.75 Å². The Morgan fingerprint density at radius 3 is 2.73 bits per heavy atom. The number of nitrogens with zero attached hydrogens (tertiary/aromatic N) is 2. The van der Waals surface area contributed by atoms with Crippen molar-refractivity contribution in [1.82, 2.24) is 5.32 Å². The lowest BCUT2D eigenvalue weighted by Gasteiger charge is -2.11. The summed E-state index contributed by atoms with van der Waals surface area (Å²) >= 11 is 12.3. The molecule has 0 aliphatic carbocycles. The number of thioether (sulfide) groups is 1. The molecule has 1 aliphatic heterocycles. The normalized spacial score (nSPS) is 19.2. The van der Waals surface area contributed by atoms with Crippen molar-refractivity contribution in [3.8, 4) is 5.75 Å². The number of nitrogens with one attached hydrogen (secondary N) is 1. The Labute approximate surface area is 158 Å². The number of halogens is 5. The van der Waals surface area contributed by atoms with E-state index in [1.807, 2.05) is 0 Å². The van der Waals surface area contributed by atoms with Gasteiger partial charge in [-0.3, -0.25) is 9.59 Å². The highest BCUT2D eigenvalue weighted by atomic mass is 35.5. The Morgan fingerprint density at radius 2 is 2.12 bits per heavy atom. The van der Waals surface area contributed by atoms with Crippen molar-refractivity contribution in [3.63, 3.8) is 0 Å². The third-order valence-corrected chi connectivity index (χ3v) is 4.59. The SMILES string of the molecule is O=C(O)CC1SC(=NN=Cc2cc(Cl)c(Cl)c(OC(F)(F)F)c2)NC1=O. The molecule has 7 nitrogen and oxygen atoms in total. The number of carbonyl (C=O) groups is 2. The molecule has 1 atom stereocenters. The minimum atomic E-state index is -4.95. The van der Waals surface area contributed by atoms with E-state index in [1.165, 1.54) is 6.07 Å². The van der Waals surface area contributed by atoms with Crippen LogP contribution in [-0.2, 0) is 9.59 Å². The minimum absolute atomic E-state index is 0.0596. The highest BCUT2D eigenvalue weighted by molar-refractivity contribution is 8.15. The van der Waals surface area contributed by atoms with E-state index in [9.17, 15) is 22.8 Å². The van der Waals surface area contributed by atoms with Gasteiger partial charge in [-0.2, -0.15) is 5.10 Å². The standard InChI is InChI=1S/C13H8Cl2F3N3O4S/c14-6-1-5(2-7(10(6)15)25-13(16,17)18)4-19-21-12-20-11(24)8(26-12)3-9(22)23/h1-2,4,8H,3H2,(H,22,23)(H,20,21,24). The number of hydrogen-bond acceptors (Lipinski definition) is 6. The fourth-order valence-corrected chi connectivity index (χ4v) is 3.03. The molecule has 2 rings (SSSR count).